The van der Waals surface area contributed by atoms with Gasteiger partial charge >= 0.3 is 11.4 Å². The number of fused-ring (bicyclic) bond motifs is 1. The van der Waals surface area contributed by atoms with Crippen molar-refractivity contribution >= 4 is 22.6 Å². The van der Waals surface area contributed by atoms with E-state index in [4.69, 9.17) is 9.15 Å². The van der Waals surface area contributed by atoms with Gasteiger partial charge in [0.2, 0.25) is 0 Å². The van der Waals surface area contributed by atoms with Gasteiger partial charge in [0, 0.05) is 17.5 Å². The Morgan fingerprint density at radius 1 is 1.43 bits per heavy atom. The van der Waals surface area contributed by atoms with Crippen LogP contribution in [-0.2, 0) is 4.74 Å². The summed E-state index contributed by atoms with van der Waals surface area (Å²) in [5.41, 5.74) is -1.26. The van der Waals surface area contributed by atoms with E-state index in [-0.39, 0.29) is 5.82 Å². The average molecular weight is 418 g/mol. The third-order valence-electron chi connectivity index (χ3n) is 5.03. The maximum absolute atomic E-state index is 14.9. The Bertz CT molecular complexity index is 1230. The molecule has 1 saturated heterocycles. The molecule has 1 aliphatic heterocycles. The van der Waals surface area contributed by atoms with E-state index >= 15 is 0 Å². The summed E-state index contributed by atoms with van der Waals surface area (Å²) in [6, 6.07) is 6.36. The van der Waals surface area contributed by atoms with Crippen LogP contribution < -0.4 is 16.8 Å². The summed E-state index contributed by atoms with van der Waals surface area (Å²) in [4.78, 5) is 30.1. The lowest BCUT2D eigenvalue weighted by Crippen LogP contribution is -2.42. The van der Waals surface area contributed by atoms with Gasteiger partial charge in [0.1, 0.15) is 18.0 Å². The molecule has 0 bridgehead atoms. The van der Waals surface area contributed by atoms with Crippen molar-refractivity contribution in [3.8, 4) is 0 Å². The molecule has 3 aromatic rings. The van der Waals surface area contributed by atoms with Gasteiger partial charge in [-0.25, -0.2) is 14.0 Å². The molecule has 0 aliphatic carbocycles. The molecule has 0 amide bonds. The third kappa shape index (κ3) is 3.32. The van der Waals surface area contributed by atoms with Gasteiger partial charge in [-0.05, 0) is 25.1 Å². The lowest BCUT2D eigenvalue weighted by molar-refractivity contribution is -0.0610. The van der Waals surface area contributed by atoms with E-state index in [2.05, 4.69) is 21.9 Å². The van der Waals surface area contributed by atoms with Crippen LogP contribution >= 0.6 is 0 Å². The first-order valence-electron chi connectivity index (χ1n) is 9.02. The zero-order valence-electron chi connectivity index (χ0n) is 15.8. The first kappa shape index (κ1) is 20.0. The van der Waals surface area contributed by atoms with E-state index in [0.29, 0.717) is 22.4 Å². The number of aromatic nitrogens is 3. The van der Waals surface area contributed by atoms with Crippen LogP contribution in [-0.4, -0.2) is 49.2 Å². The van der Waals surface area contributed by atoms with Crippen LogP contribution in [0.4, 0.5) is 10.2 Å². The topological polar surface area (TPSA) is 143 Å². The van der Waals surface area contributed by atoms with Crippen molar-refractivity contribution in [3.63, 3.8) is 0 Å². The Hall–Kier alpha value is -3.28. The minimum Gasteiger partial charge on any atom is -0.408 e. The molecule has 10 nitrogen and oxygen atoms in total. The number of hydrogen-bond donors (Lipinski definition) is 4. The Kier molecular flexibility index (Phi) is 4.80. The number of nitrogens with one attached hydrogen (secondary N) is 2. The molecule has 2 unspecified atom stereocenters. The van der Waals surface area contributed by atoms with Crippen LogP contribution in [0.15, 0.2) is 51.0 Å². The predicted octanol–water partition coefficient (Wildman–Crippen LogP) is 0.739. The zero-order valence-corrected chi connectivity index (χ0v) is 15.8. The number of oxazole rings is 1. The summed E-state index contributed by atoms with van der Waals surface area (Å²) in [6.45, 7) is 4.38. The van der Waals surface area contributed by atoms with Gasteiger partial charge < -0.3 is 24.7 Å². The molecule has 4 N–H and O–H groups in total. The fourth-order valence-electron chi connectivity index (χ4n) is 3.38. The molecular formula is C19H19FN4O6. The Balaban J connectivity index is 1.56. The number of H-pyrrole nitrogens is 1. The molecule has 0 spiro atoms. The summed E-state index contributed by atoms with van der Waals surface area (Å²) in [5, 5.41) is 22.1. The average Bonchev–Trinajstić information content (AvgIpc) is 3.18. The number of aromatic amines is 1. The number of alkyl halides is 1. The maximum Gasteiger partial charge on any atom is 0.417 e. The van der Waals surface area contributed by atoms with Gasteiger partial charge in [-0.2, -0.15) is 4.98 Å². The number of halogens is 1. The molecule has 1 aromatic carbocycles. The van der Waals surface area contributed by atoms with Crippen LogP contribution in [0.3, 0.4) is 0 Å². The molecule has 11 heteroatoms. The molecule has 3 heterocycles. The van der Waals surface area contributed by atoms with Crippen molar-refractivity contribution in [2.24, 2.45) is 0 Å². The predicted molar refractivity (Wildman–Crippen MR) is 105 cm³/mol. The quantitative estimate of drug-likeness (QED) is 0.475. The first-order chi connectivity index (χ1) is 14.2. The second-order valence-corrected chi connectivity index (χ2v) is 7.14. The summed E-state index contributed by atoms with van der Waals surface area (Å²) in [6.07, 6.45) is -2.92. The smallest absolute Gasteiger partial charge is 0.408 e. The molecule has 158 valence electrons. The van der Waals surface area contributed by atoms with E-state index in [9.17, 15) is 24.2 Å². The number of hydrogen-bond acceptors (Lipinski definition) is 8. The molecule has 30 heavy (non-hydrogen) atoms. The van der Waals surface area contributed by atoms with E-state index in [1.807, 2.05) is 0 Å². The number of aliphatic hydroxyl groups excluding tert-OH is 2. The van der Waals surface area contributed by atoms with Gasteiger partial charge in [0.25, 0.3) is 0 Å². The van der Waals surface area contributed by atoms with Crippen molar-refractivity contribution in [1.82, 2.24) is 14.5 Å². The highest BCUT2D eigenvalue weighted by Gasteiger charge is 2.55. The van der Waals surface area contributed by atoms with E-state index in [1.54, 1.807) is 18.2 Å². The summed E-state index contributed by atoms with van der Waals surface area (Å²) in [5.74, 6) is -0.428. The molecule has 4 atom stereocenters. The van der Waals surface area contributed by atoms with Gasteiger partial charge in [0.15, 0.2) is 17.5 Å². The number of ether oxygens (including phenoxy) is 1. The normalized spacial score (nSPS) is 26.2. The van der Waals surface area contributed by atoms with E-state index in [1.165, 1.54) is 12.3 Å². The zero-order chi connectivity index (χ0) is 21.6. The monoisotopic (exact) mass is 418 g/mol. The van der Waals surface area contributed by atoms with Crippen molar-refractivity contribution in [2.75, 3.05) is 11.9 Å². The molecule has 0 saturated carbocycles. The molecule has 1 aliphatic rings. The van der Waals surface area contributed by atoms with Crippen molar-refractivity contribution in [1.29, 1.82) is 0 Å². The van der Waals surface area contributed by atoms with E-state index in [0.717, 1.165) is 11.5 Å². The lowest BCUT2D eigenvalue weighted by Gasteiger charge is -2.24. The maximum atomic E-state index is 14.9. The van der Waals surface area contributed by atoms with Gasteiger partial charge in [0.05, 0.1) is 12.1 Å². The largest absolute Gasteiger partial charge is 0.417 e. The highest BCUT2D eigenvalue weighted by molar-refractivity contribution is 5.81. The van der Waals surface area contributed by atoms with Crippen molar-refractivity contribution < 1.29 is 23.8 Å². The van der Waals surface area contributed by atoms with Gasteiger partial charge in [-0.3, -0.25) is 9.55 Å². The van der Waals surface area contributed by atoms with Crippen LogP contribution in [0.2, 0.25) is 0 Å². The number of aliphatic hydroxyl groups is 2. The van der Waals surface area contributed by atoms with Crippen LogP contribution in [0, 0.1) is 0 Å². The molecular weight excluding hydrogens is 399 g/mol. The Labute approximate surface area is 168 Å². The number of benzene rings is 1. The van der Waals surface area contributed by atoms with Gasteiger partial charge in [-0.1, -0.05) is 12.6 Å². The van der Waals surface area contributed by atoms with Crippen LogP contribution in [0.1, 0.15) is 18.7 Å². The fraction of sp³-hybridized carbons (Fsp3) is 0.316. The molecule has 4 rings (SSSR count). The minimum absolute atomic E-state index is 0.148. The van der Waals surface area contributed by atoms with Crippen LogP contribution in [0.5, 0.6) is 0 Å². The summed E-state index contributed by atoms with van der Waals surface area (Å²) < 4.78 is 26.1. The fourth-order valence-corrected chi connectivity index (χ4v) is 3.38. The summed E-state index contributed by atoms with van der Waals surface area (Å²) >= 11 is 0. The third-order valence-corrected chi connectivity index (χ3v) is 5.03. The summed E-state index contributed by atoms with van der Waals surface area (Å²) in [7, 11) is 0. The van der Waals surface area contributed by atoms with E-state index < -0.39 is 42.2 Å². The van der Waals surface area contributed by atoms with Crippen LogP contribution in [0.25, 0.3) is 16.8 Å². The van der Waals surface area contributed by atoms with Gasteiger partial charge in [-0.15, -0.1) is 0 Å². The Morgan fingerprint density at radius 3 is 2.87 bits per heavy atom. The number of rotatable bonds is 5. The molecule has 1 fully saturated rings. The first-order valence-corrected chi connectivity index (χ1v) is 9.02. The molecule has 0 radical (unpaired) electrons. The Morgan fingerprint density at radius 2 is 2.20 bits per heavy atom. The minimum atomic E-state index is -2.30. The highest BCUT2D eigenvalue weighted by atomic mass is 19.1. The lowest BCUT2D eigenvalue weighted by atomic mass is 9.98. The number of nitrogens with zero attached hydrogens (tertiary/aromatic N) is 2. The van der Waals surface area contributed by atoms with Crippen molar-refractivity contribution in [2.45, 2.75) is 31.0 Å². The number of anilines is 1. The standard InChI is InChI=1S/C19H19FN4O6/c1-9(10-3-4-11-12(7-10)30-18(28)22-11)21-14-5-6-24(17(27)23-14)16-19(2,20)15(26)13(8-25)29-16/h3-7,13,15-16,25-26H,1,8H2,2H3,(H,22,28)(H,21,23,27)/t13-,15-,16?,19?/m1/s1. The van der Waals surface area contributed by atoms with Crippen molar-refractivity contribution in [3.05, 3.63) is 63.6 Å². The molecule has 2 aromatic heterocycles. The second-order valence-electron chi connectivity index (χ2n) is 7.14. The highest BCUT2D eigenvalue weighted by Crippen LogP contribution is 2.40. The second kappa shape index (κ2) is 7.20. The SMILES string of the molecule is C=C(Nc1ccn(C2O[C@H](CO)[C@@H](O)C2(C)F)c(=O)n1)c1ccc2[nH]c(=O)oc2c1.